The molecule has 0 bridgehead atoms. The van der Waals surface area contributed by atoms with Crippen LogP contribution in [0.1, 0.15) is 16.7 Å². The Labute approximate surface area is 261 Å². The lowest BCUT2D eigenvalue weighted by molar-refractivity contribution is -0.119. The van der Waals surface area contributed by atoms with Crippen molar-refractivity contribution in [3.8, 4) is 11.5 Å². The van der Waals surface area contributed by atoms with E-state index in [1.165, 1.54) is 18.3 Å². The number of nitrogens with zero attached hydrogens (tertiary/aromatic N) is 2. The van der Waals surface area contributed by atoms with E-state index >= 15 is 0 Å². The number of carbonyl (C=O) groups is 2. The Kier molecular flexibility index (Phi) is 10.6. The number of amides is 2. The number of carbonyl (C=O) groups excluding carboxylic acids is 2. The lowest BCUT2D eigenvalue weighted by atomic mass is 10.2. The summed E-state index contributed by atoms with van der Waals surface area (Å²) < 4.78 is 38.9. The number of anilines is 2. The molecule has 10 nitrogen and oxygen atoms in total. The molecule has 0 spiro atoms. The van der Waals surface area contributed by atoms with E-state index in [1.54, 1.807) is 92.9 Å². The van der Waals surface area contributed by atoms with Gasteiger partial charge in [-0.15, -0.1) is 0 Å². The first-order valence-corrected chi connectivity index (χ1v) is 15.2. The zero-order valence-electron chi connectivity index (χ0n) is 24.3. The minimum atomic E-state index is -4.11. The molecule has 0 fully saturated rings. The average molecular weight is 635 g/mol. The quantitative estimate of drug-likeness (QED) is 0.160. The lowest BCUT2D eigenvalue weighted by Crippen LogP contribution is -2.40. The summed E-state index contributed by atoms with van der Waals surface area (Å²) in [6.45, 7) is 2.82. The second-order valence-electron chi connectivity index (χ2n) is 9.64. The normalized spacial score (nSPS) is 11.2. The minimum Gasteiger partial charge on any atom is -0.497 e. The molecule has 0 aliphatic carbocycles. The first-order chi connectivity index (χ1) is 21.1. The zero-order chi connectivity index (χ0) is 31.7. The molecule has 4 aromatic rings. The highest BCUT2D eigenvalue weighted by molar-refractivity contribution is 7.92. The number of halogens is 1. The molecule has 2 amide bonds. The molecule has 4 rings (SSSR count). The van der Waals surface area contributed by atoms with Gasteiger partial charge in [0.15, 0.2) is 6.61 Å². The van der Waals surface area contributed by atoms with E-state index in [2.05, 4.69) is 15.8 Å². The van der Waals surface area contributed by atoms with Crippen molar-refractivity contribution >= 4 is 51.0 Å². The molecule has 0 aromatic heterocycles. The van der Waals surface area contributed by atoms with E-state index in [1.807, 2.05) is 6.92 Å². The number of hydrogen-bond donors (Lipinski definition) is 2. The monoisotopic (exact) mass is 634 g/mol. The van der Waals surface area contributed by atoms with Crippen molar-refractivity contribution in [3.63, 3.8) is 0 Å². The van der Waals surface area contributed by atoms with Crippen LogP contribution in [0.2, 0.25) is 5.02 Å². The second kappa shape index (κ2) is 14.5. The number of aryl methyl sites for hydroxylation is 1. The maximum Gasteiger partial charge on any atom is 0.264 e. The molecular formula is C32H31ClN4O6S. The van der Waals surface area contributed by atoms with Gasteiger partial charge in [0.1, 0.15) is 18.0 Å². The maximum atomic E-state index is 13.6. The smallest absolute Gasteiger partial charge is 0.264 e. The Morgan fingerprint density at radius 2 is 1.55 bits per heavy atom. The largest absolute Gasteiger partial charge is 0.497 e. The van der Waals surface area contributed by atoms with E-state index in [0.717, 1.165) is 9.87 Å². The Morgan fingerprint density at radius 1 is 0.886 bits per heavy atom. The van der Waals surface area contributed by atoms with Gasteiger partial charge in [-0.2, -0.15) is 5.10 Å². The predicted molar refractivity (Wildman–Crippen MR) is 171 cm³/mol. The van der Waals surface area contributed by atoms with Gasteiger partial charge in [-0.05, 0) is 97.8 Å². The molecule has 2 N–H and O–H groups in total. The van der Waals surface area contributed by atoms with Crippen LogP contribution in [0.4, 0.5) is 11.4 Å². The van der Waals surface area contributed by atoms with E-state index in [-0.39, 0.29) is 23.1 Å². The molecule has 0 radical (unpaired) electrons. The first-order valence-electron chi connectivity index (χ1n) is 13.4. The van der Waals surface area contributed by atoms with Crippen molar-refractivity contribution in [2.75, 3.05) is 29.9 Å². The Hall–Kier alpha value is -4.87. The third-order valence-electron chi connectivity index (χ3n) is 6.43. The van der Waals surface area contributed by atoms with Crippen molar-refractivity contribution < 1.29 is 27.5 Å². The molecule has 0 saturated heterocycles. The average Bonchev–Trinajstić information content (AvgIpc) is 3.01. The summed E-state index contributed by atoms with van der Waals surface area (Å²) in [4.78, 5) is 25.1. The van der Waals surface area contributed by atoms with Gasteiger partial charge in [-0.1, -0.05) is 35.4 Å². The van der Waals surface area contributed by atoms with Crippen LogP contribution in [0.25, 0.3) is 0 Å². The second-order valence-corrected chi connectivity index (χ2v) is 11.9. The van der Waals surface area contributed by atoms with Crippen LogP contribution in [0.5, 0.6) is 11.5 Å². The number of hydrazone groups is 1. The molecule has 0 aliphatic heterocycles. The van der Waals surface area contributed by atoms with Crippen LogP contribution >= 0.6 is 11.6 Å². The fourth-order valence-electron chi connectivity index (χ4n) is 4.02. The topological polar surface area (TPSA) is 126 Å². The molecule has 0 heterocycles. The van der Waals surface area contributed by atoms with Crippen LogP contribution in [0.15, 0.2) is 101 Å². The molecule has 0 saturated carbocycles. The van der Waals surface area contributed by atoms with E-state index in [4.69, 9.17) is 21.1 Å². The van der Waals surface area contributed by atoms with Crippen molar-refractivity contribution in [1.29, 1.82) is 0 Å². The third kappa shape index (κ3) is 8.36. The van der Waals surface area contributed by atoms with Gasteiger partial charge in [0, 0.05) is 10.7 Å². The van der Waals surface area contributed by atoms with Crippen molar-refractivity contribution in [1.82, 2.24) is 5.43 Å². The Bertz CT molecular complexity index is 1740. The summed E-state index contributed by atoms with van der Waals surface area (Å²) in [6.07, 6.45) is 1.40. The number of rotatable bonds is 12. The zero-order valence-corrected chi connectivity index (χ0v) is 25.9. The third-order valence-corrected chi connectivity index (χ3v) is 8.61. The highest BCUT2D eigenvalue weighted by Gasteiger charge is 2.28. The van der Waals surface area contributed by atoms with Gasteiger partial charge < -0.3 is 14.8 Å². The number of benzene rings is 4. The van der Waals surface area contributed by atoms with Gasteiger partial charge in [0.25, 0.3) is 21.8 Å². The van der Waals surface area contributed by atoms with Crippen LogP contribution in [0, 0.1) is 13.8 Å². The van der Waals surface area contributed by atoms with Gasteiger partial charge in [-0.3, -0.25) is 13.9 Å². The van der Waals surface area contributed by atoms with E-state index in [0.29, 0.717) is 33.3 Å². The molecule has 0 aliphatic rings. The summed E-state index contributed by atoms with van der Waals surface area (Å²) in [5.41, 5.74) is 5.33. The highest BCUT2D eigenvalue weighted by atomic mass is 35.5. The van der Waals surface area contributed by atoms with Gasteiger partial charge in [-0.25, -0.2) is 13.8 Å². The van der Waals surface area contributed by atoms with E-state index < -0.39 is 22.5 Å². The van der Waals surface area contributed by atoms with Crippen LogP contribution in [-0.4, -0.2) is 46.7 Å². The molecule has 12 heteroatoms. The molecule has 0 atom stereocenters. The van der Waals surface area contributed by atoms with Crippen molar-refractivity contribution in [3.05, 3.63) is 113 Å². The number of nitrogens with one attached hydrogen (secondary N) is 2. The minimum absolute atomic E-state index is 0.0410. The molecule has 228 valence electrons. The maximum absolute atomic E-state index is 13.6. The first kappa shape index (κ1) is 32.1. The predicted octanol–water partition coefficient (Wildman–Crippen LogP) is 5.33. The molecule has 0 unspecified atom stereocenters. The number of hydrogen-bond acceptors (Lipinski definition) is 7. The summed E-state index contributed by atoms with van der Waals surface area (Å²) >= 11 is 6.27. The van der Waals surface area contributed by atoms with Crippen molar-refractivity contribution in [2.24, 2.45) is 5.10 Å². The van der Waals surface area contributed by atoms with Gasteiger partial charge in [0.05, 0.1) is 23.9 Å². The van der Waals surface area contributed by atoms with Crippen LogP contribution < -0.4 is 24.5 Å². The van der Waals surface area contributed by atoms with E-state index in [9.17, 15) is 18.0 Å². The molecule has 44 heavy (non-hydrogen) atoms. The standard InChI is InChI=1S/C32H31ClN4O6S/c1-22-7-17-28(18-8-22)44(40,41)37(30-6-4-5-29(33)23(30)2)20-31(38)36-34-19-24-9-13-27(14-10-24)43-21-32(39)35-25-11-15-26(42-3)16-12-25/h4-19H,20-21H2,1-3H3,(H,35,39)(H,36,38)/b34-19-. The number of sulfonamides is 1. The lowest BCUT2D eigenvalue weighted by Gasteiger charge is -2.25. The summed E-state index contributed by atoms with van der Waals surface area (Å²) in [5.74, 6) is 0.169. The fourth-order valence-corrected chi connectivity index (χ4v) is 5.67. The number of methoxy groups -OCH3 is 1. The van der Waals surface area contributed by atoms with Crippen molar-refractivity contribution in [2.45, 2.75) is 18.7 Å². The highest BCUT2D eigenvalue weighted by Crippen LogP contribution is 2.31. The Balaban J connectivity index is 1.36. The van der Waals surface area contributed by atoms with Gasteiger partial charge >= 0.3 is 0 Å². The number of ether oxygens (including phenoxy) is 2. The summed E-state index contributed by atoms with van der Waals surface area (Å²) in [7, 11) is -2.54. The summed E-state index contributed by atoms with van der Waals surface area (Å²) in [6, 6.07) is 24.8. The molecular weight excluding hydrogens is 604 g/mol. The molecule has 4 aromatic carbocycles. The SMILES string of the molecule is COc1ccc(NC(=O)COc2ccc(/C=N\NC(=O)CN(c3cccc(Cl)c3C)S(=O)(=O)c3ccc(C)cc3)cc2)cc1. The Morgan fingerprint density at radius 3 is 2.20 bits per heavy atom. The summed E-state index contributed by atoms with van der Waals surface area (Å²) in [5, 5.41) is 7.08. The van der Waals surface area contributed by atoms with Crippen LogP contribution in [0.3, 0.4) is 0 Å². The van der Waals surface area contributed by atoms with Crippen LogP contribution in [-0.2, 0) is 19.6 Å². The van der Waals surface area contributed by atoms with Gasteiger partial charge in [0.2, 0.25) is 0 Å². The fraction of sp³-hybridized carbons (Fsp3) is 0.156.